The molecule has 1 heterocycles. The van der Waals surface area contributed by atoms with Crippen LogP contribution in [0.1, 0.15) is 65.2 Å². The second-order valence-electron chi connectivity index (χ2n) is 10.1. The van der Waals surface area contributed by atoms with E-state index in [1.54, 1.807) is 0 Å². The molecule has 0 aromatic carbocycles. The molecule has 0 radical (unpaired) electrons. The average molecular weight is 340 g/mol. The monoisotopic (exact) mass is 339 g/mol. The van der Waals surface area contributed by atoms with Crippen molar-refractivity contribution in [1.29, 1.82) is 0 Å². The van der Waals surface area contributed by atoms with E-state index in [1.807, 2.05) is 23.6 Å². The molecule has 0 spiro atoms. The van der Waals surface area contributed by atoms with Crippen molar-refractivity contribution >= 4 is 5.91 Å². The minimum absolute atomic E-state index is 0.190. The Bertz CT molecular complexity index is 659. The van der Waals surface area contributed by atoms with Gasteiger partial charge in [-0.25, -0.2) is 0 Å². The largest absolute Gasteiger partial charge is 0.338 e. The van der Waals surface area contributed by atoms with Crippen LogP contribution in [0.3, 0.4) is 0 Å². The highest BCUT2D eigenvalue weighted by molar-refractivity contribution is 5.89. The van der Waals surface area contributed by atoms with Crippen LogP contribution in [0, 0.1) is 34.5 Å². The lowest BCUT2D eigenvalue weighted by Gasteiger charge is -2.59. The molecule has 4 aliphatic carbocycles. The van der Waals surface area contributed by atoms with Crippen LogP contribution in [0.4, 0.5) is 0 Å². The van der Waals surface area contributed by atoms with Crippen molar-refractivity contribution in [3.05, 3.63) is 23.8 Å². The number of hydrogen-bond acceptors (Lipinski definition) is 1. The number of amides is 1. The fourth-order valence-electron chi connectivity index (χ4n) is 7.41. The third kappa shape index (κ3) is 2.18. The maximum Gasteiger partial charge on any atom is 0.246 e. The number of carbonyl (C=O) groups is 1. The molecule has 2 heteroatoms. The van der Waals surface area contributed by atoms with Gasteiger partial charge in [0.1, 0.15) is 0 Å². The highest BCUT2D eigenvalue weighted by Crippen LogP contribution is 2.65. The SMILES string of the molecule is CN1C(=O)C=C[C@@]2(C)C1CC[C@@H]1[C@H]2CC[C@]2(C)C(=CC3CC3)CC[C@@H]12. The van der Waals surface area contributed by atoms with E-state index < -0.39 is 0 Å². The summed E-state index contributed by atoms with van der Waals surface area (Å²) in [5.74, 6) is 3.62. The number of hydrogen-bond donors (Lipinski definition) is 0. The highest BCUT2D eigenvalue weighted by atomic mass is 16.2. The molecule has 0 aromatic heterocycles. The number of rotatable bonds is 1. The Morgan fingerprint density at radius 1 is 1.08 bits per heavy atom. The van der Waals surface area contributed by atoms with Gasteiger partial charge < -0.3 is 4.90 Å². The van der Waals surface area contributed by atoms with Crippen molar-refractivity contribution in [2.24, 2.45) is 34.5 Å². The van der Waals surface area contributed by atoms with Gasteiger partial charge in [0.25, 0.3) is 0 Å². The van der Waals surface area contributed by atoms with Crippen LogP contribution in [0.2, 0.25) is 0 Å². The smallest absolute Gasteiger partial charge is 0.246 e. The minimum atomic E-state index is 0.190. The van der Waals surface area contributed by atoms with E-state index >= 15 is 0 Å². The van der Waals surface area contributed by atoms with Gasteiger partial charge in [0.2, 0.25) is 5.91 Å². The standard InChI is InChI=1S/C23H33NO/c1-22-12-10-19-17(18(22)8-6-16(22)14-15-4-5-15)7-9-20-23(19,2)13-11-21(25)24(20)3/h11,13-15,17-20H,4-10,12H2,1-3H3/t17-,18-,19+,20?,22+,23+/m0/s1. The highest BCUT2D eigenvalue weighted by Gasteiger charge is 2.59. The van der Waals surface area contributed by atoms with E-state index in [0.29, 0.717) is 11.5 Å². The average Bonchev–Trinajstić information content (AvgIpc) is 3.34. The Kier molecular flexibility index (Phi) is 3.38. The summed E-state index contributed by atoms with van der Waals surface area (Å²) in [7, 11) is 2.02. The first-order valence-corrected chi connectivity index (χ1v) is 10.6. The molecule has 0 bridgehead atoms. The number of fused-ring (bicyclic) bond motifs is 5. The van der Waals surface area contributed by atoms with Gasteiger partial charge in [-0.3, -0.25) is 4.79 Å². The Morgan fingerprint density at radius 2 is 1.88 bits per heavy atom. The van der Waals surface area contributed by atoms with Crippen molar-refractivity contribution in [1.82, 2.24) is 4.90 Å². The van der Waals surface area contributed by atoms with Gasteiger partial charge in [-0.05, 0) is 86.5 Å². The van der Waals surface area contributed by atoms with Crippen molar-refractivity contribution in [2.45, 2.75) is 71.3 Å². The van der Waals surface area contributed by atoms with Crippen LogP contribution in [0.25, 0.3) is 0 Å². The molecule has 5 aliphatic rings. The summed E-state index contributed by atoms with van der Waals surface area (Å²) >= 11 is 0. The molecule has 25 heavy (non-hydrogen) atoms. The van der Waals surface area contributed by atoms with Gasteiger partial charge in [0.05, 0.1) is 0 Å². The first-order valence-electron chi connectivity index (χ1n) is 10.6. The van der Waals surface area contributed by atoms with Crippen LogP contribution < -0.4 is 0 Å². The molecule has 0 N–H and O–H groups in total. The van der Waals surface area contributed by atoms with E-state index in [2.05, 4.69) is 26.0 Å². The lowest BCUT2D eigenvalue weighted by atomic mass is 9.48. The van der Waals surface area contributed by atoms with Crippen LogP contribution >= 0.6 is 0 Å². The molecule has 6 atom stereocenters. The zero-order chi connectivity index (χ0) is 17.4. The van der Waals surface area contributed by atoms with Gasteiger partial charge in [-0.15, -0.1) is 0 Å². The summed E-state index contributed by atoms with van der Waals surface area (Å²) < 4.78 is 0. The third-order valence-electron chi connectivity index (χ3n) is 9.03. The second kappa shape index (κ2) is 5.24. The molecule has 1 amide bonds. The Hall–Kier alpha value is -1.05. The summed E-state index contributed by atoms with van der Waals surface area (Å²) in [6.07, 6.45) is 17.7. The molecule has 2 nitrogen and oxygen atoms in total. The quantitative estimate of drug-likeness (QED) is 0.618. The van der Waals surface area contributed by atoms with Crippen LogP contribution in [-0.2, 0) is 4.79 Å². The number of likely N-dealkylation sites (N-methyl/N-ethyl adjacent to an activating group) is 1. The fourth-order valence-corrected chi connectivity index (χ4v) is 7.41. The maximum atomic E-state index is 12.2. The van der Waals surface area contributed by atoms with Crippen LogP contribution in [0.15, 0.2) is 23.8 Å². The number of carbonyl (C=O) groups excluding carboxylic acids is 1. The maximum absolute atomic E-state index is 12.2. The third-order valence-corrected chi connectivity index (χ3v) is 9.03. The van der Waals surface area contributed by atoms with Gasteiger partial charge in [-0.2, -0.15) is 0 Å². The van der Waals surface area contributed by atoms with Crippen molar-refractivity contribution in [3.63, 3.8) is 0 Å². The normalized spacial score (nSPS) is 50.6. The molecule has 0 aromatic rings. The van der Waals surface area contributed by atoms with E-state index in [4.69, 9.17) is 0 Å². The molecule has 5 rings (SSSR count). The lowest BCUT2D eigenvalue weighted by Crippen LogP contribution is -2.59. The van der Waals surface area contributed by atoms with E-state index in [1.165, 1.54) is 51.4 Å². The van der Waals surface area contributed by atoms with E-state index in [9.17, 15) is 4.79 Å². The molecule has 1 aliphatic heterocycles. The molecule has 0 saturated heterocycles. The molecule has 4 saturated carbocycles. The first-order chi connectivity index (χ1) is 11.9. The van der Waals surface area contributed by atoms with Crippen LogP contribution in [-0.4, -0.2) is 23.9 Å². The summed E-state index contributed by atoms with van der Waals surface area (Å²) in [5, 5.41) is 0. The summed E-state index contributed by atoms with van der Waals surface area (Å²) in [5.41, 5.74) is 2.49. The first kappa shape index (κ1) is 16.1. The molecule has 136 valence electrons. The second-order valence-corrected chi connectivity index (χ2v) is 10.1. The lowest BCUT2D eigenvalue weighted by molar-refractivity contribution is -0.137. The van der Waals surface area contributed by atoms with Gasteiger partial charge in [0, 0.05) is 18.5 Å². The zero-order valence-corrected chi connectivity index (χ0v) is 16.1. The van der Waals surface area contributed by atoms with Gasteiger partial charge in [0.15, 0.2) is 0 Å². The molecule has 4 fully saturated rings. The molecular formula is C23H33NO. The van der Waals surface area contributed by atoms with Crippen LogP contribution in [0.5, 0.6) is 0 Å². The number of nitrogens with zero attached hydrogens (tertiary/aromatic N) is 1. The summed E-state index contributed by atoms with van der Waals surface area (Å²) in [4.78, 5) is 14.2. The molecule has 1 unspecified atom stereocenters. The Morgan fingerprint density at radius 3 is 2.64 bits per heavy atom. The Labute approximate surface area is 152 Å². The topological polar surface area (TPSA) is 20.3 Å². The molecular weight excluding hydrogens is 306 g/mol. The predicted octanol–water partition coefficient (Wildman–Crippen LogP) is 4.96. The van der Waals surface area contributed by atoms with Crippen molar-refractivity contribution in [3.8, 4) is 0 Å². The van der Waals surface area contributed by atoms with E-state index in [-0.39, 0.29) is 11.3 Å². The van der Waals surface area contributed by atoms with Crippen molar-refractivity contribution in [2.75, 3.05) is 7.05 Å². The fraction of sp³-hybridized carbons (Fsp3) is 0.783. The van der Waals surface area contributed by atoms with Gasteiger partial charge in [-0.1, -0.05) is 31.6 Å². The number of allylic oxidation sites excluding steroid dienone is 2. The van der Waals surface area contributed by atoms with Gasteiger partial charge >= 0.3 is 0 Å². The predicted molar refractivity (Wildman–Crippen MR) is 101 cm³/mol. The summed E-state index contributed by atoms with van der Waals surface area (Å²) in [6.45, 7) is 5.04. The van der Waals surface area contributed by atoms with Crippen molar-refractivity contribution < 1.29 is 4.79 Å². The summed E-state index contributed by atoms with van der Waals surface area (Å²) in [6, 6.07) is 0.415. The zero-order valence-electron chi connectivity index (χ0n) is 16.1. The minimum Gasteiger partial charge on any atom is -0.338 e. The van der Waals surface area contributed by atoms with E-state index in [0.717, 1.165) is 23.7 Å². The Balaban J connectivity index is 1.47.